The van der Waals surface area contributed by atoms with E-state index in [4.69, 9.17) is 4.74 Å². The van der Waals surface area contributed by atoms with Crippen LogP contribution in [0.2, 0.25) is 0 Å². The molecule has 2 fully saturated rings. The van der Waals surface area contributed by atoms with Gasteiger partial charge in [0.25, 0.3) is 0 Å². The van der Waals surface area contributed by atoms with Crippen LogP contribution in [0.25, 0.3) is 0 Å². The van der Waals surface area contributed by atoms with Gasteiger partial charge < -0.3 is 4.74 Å². The number of ketones is 1. The van der Waals surface area contributed by atoms with Crippen molar-refractivity contribution in [1.29, 1.82) is 0 Å². The summed E-state index contributed by atoms with van der Waals surface area (Å²) in [6.07, 6.45) is 3.01. The average molecular weight is 154 g/mol. The van der Waals surface area contributed by atoms with E-state index >= 15 is 0 Å². The minimum absolute atomic E-state index is 0.108. The third-order valence-electron chi connectivity index (χ3n) is 2.09. The van der Waals surface area contributed by atoms with Crippen molar-refractivity contribution < 1.29 is 14.3 Å². The molecule has 0 radical (unpaired) electrons. The summed E-state index contributed by atoms with van der Waals surface area (Å²) in [5.41, 5.74) is 0. The maximum atomic E-state index is 11.0. The van der Waals surface area contributed by atoms with Gasteiger partial charge in [-0.2, -0.15) is 0 Å². The summed E-state index contributed by atoms with van der Waals surface area (Å²) < 4.78 is 5.02. The van der Waals surface area contributed by atoms with Crippen LogP contribution in [0.3, 0.4) is 0 Å². The van der Waals surface area contributed by atoms with E-state index < -0.39 is 0 Å². The quantitative estimate of drug-likeness (QED) is 0.549. The van der Waals surface area contributed by atoms with E-state index in [-0.39, 0.29) is 23.8 Å². The molecule has 3 nitrogen and oxygen atoms in total. The summed E-state index contributed by atoms with van der Waals surface area (Å²) in [5.74, 6) is -0.0852. The van der Waals surface area contributed by atoms with E-state index in [0.717, 1.165) is 12.8 Å². The van der Waals surface area contributed by atoms with Crippen LogP contribution in [0.4, 0.5) is 0 Å². The average Bonchev–Trinajstić information content (AvgIpc) is 2.64. The maximum Gasteiger partial charge on any atom is 0.310 e. The van der Waals surface area contributed by atoms with Crippen LogP contribution in [-0.2, 0) is 14.3 Å². The van der Waals surface area contributed by atoms with Gasteiger partial charge in [0.15, 0.2) is 0 Å². The molecule has 0 atom stereocenters. The molecule has 2 aliphatic rings. The Morgan fingerprint density at radius 2 is 2.00 bits per heavy atom. The molecule has 0 aromatic carbocycles. The second kappa shape index (κ2) is 2.32. The predicted octanol–water partition coefficient (Wildman–Crippen LogP) is 0.671. The minimum Gasteiger partial charge on any atom is -0.462 e. The molecule has 0 saturated heterocycles. The smallest absolute Gasteiger partial charge is 0.310 e. The Hall–Kier alpha value is -0.860. The molecule has 0 unspecified atom stereocenters. The molecular weight excluding hydrogens is 144 g/mol. The summed E-state index contributed by atoms with van der Waals surface area (Å²) >= 11 is 0. The molecule has 0 aromatic rings. The molecule has 0 aromatic heterocycles. The van der Waals surface area contributed by atoms with Crippen molar-refractivity contribution in [3.05, 3.63) is 0 Å². The lowest BCUT2D eigenvalue weighted by atomic mass is 9.84. The first-order valence-electron chi connectivity index (χ1n) is 3.98. The summed E-state index contributed by atoms with van der Waals surface area (Å²) in [6, 6.07) is 0. The van der Waals surface area contributed by atoms with Crippen LogP contribution in [-0.4, -0.2) is 17.9 Å². The zero-order chi connectivity index (χ0) is 7.84. The van der Waals surface area contributed by atoms with Gasteiger partial charge in [-0.3, -0.25) is 9.59 Å². The van der Waals surface area contributed by atoms with Crippen molar-refractivity contribution >= 4 is 11.8 Å². The van der Waals surface area contributed by atoms with Crippen molar-refractivity contribution in [3.63, 3.8) is 0 Å². The number of ether oxygens (including phenoxy) is 1. The van der Waals surface area contributed by atoms with Crippen LogP contribution in [0, 0.1) is 5.92 Å². The van der Waals surface area contributed by atoms with E-state index in [9.17, 15) is 9.59 Å². The Balaban J connectivity index is 1.76. The van der Waals surface area contributed by atoms with Crippen LogP contribution in [0.15, 0.2) is 0 Å². The summed E-state index contributed by atoms with van der Waals surface area (Å²) in [5, 5.41) is 0. The van der Waals surface area contributed by atoms with E-state index in [1.807, 2.05) is 0 Å². The Morgan fingerprint density at radius 1 is 1.36 bits per heavy atom. The molecule has 60 valence electrons. The lowest BCUT2D eigenvalue weighted by molar-refractivity contribution is -0.156. The molecule has 11 heavy (non-hydrogen) atoms. The summed E-state index contributed by atoms with van der Waals surface area (Å²) in [4.78, 5) is 21.6. The lowest BCUT2D eigenvalue weighted by Gasteiger charge is -2.21. The Labute approximate surface area is 64.7 Å². The van der Waals surface area contributed by atoms with Crippen LogP contribution >= 0.6 is 0 Å². The highest BCUT2D eigenvalue weighted by Crippen LogP contribution is 2.29. The third-order valence-corrected chi connectivity index (χ3v) is 2.09. The molecule has 2 aliphatic carbocycles. The number of carbonyl (C=O) groups excluding carboxylic acids is 2. The number of rotatable bonds is 2. The fraction of sp³-hybridized carbons (Fsp3) is 0.750. The van der Waals surface area contributed by atoms with E-state index in [1.54, 1.807) is 0 Å². The summed E-state index contributed by atoms with van der Waals surface area (Å²) in [6.45, 7) is 0. The van der Waals surface area contributed by atoms with Gasteiger partial charge in [0.2, 0.25) is 0 Å². The van der Waals surface area contributed by atoms with Crippen molar-refractivity contribution in [1.82, 2.24) is 0 Å². The van der Waals surface area contributed by atoms with Gasteiger partial charge in [-0.05, 0) is 12.8 Å². The number of Topliss-reactive ketones (excluding diaryl/α,β-unsaturated/α-hetero) is 1. The van der Waals surface area contributed by atoms with Gasteiger partial charge in [-0.15, -0.1) is 0 Å². The fourth-order valence-corrected chi connectivity index (χ4v) is 1.10. The predicted molar refractivity (Wildman–Crippen MR) is 36.8 cm³/mol. The van der Waals surface area contributed by atoms with Gasteiger partial charge in [-0.25, -0.2) is 0 Å². The molecule has 3 heteroatoms. The molecule has 0 aliphatic heterocycles. The van der Waals surface area contributed by atoms with E-state index in [2.05, 4.69) is 0 Å². The topological polar surface area (TPSA) is 43.4 Å². The fourth-order valence-electron chi connectivity index (χ4n) is 1.10. The van der Waals surface area contributed by atoms with Crippen molar-refractivity contribution in [3.8, 4) is 0 Å². The first kappa shape index (κ1) is 6.83. The largest absolute Gasteiger partial charge is 0.462 e. The van der Waals surface area contributed by atoms with Gasteiger partial charge in [0.05, 0.1) is 5.92 Å². The standard InChI is InChI=1S/C8H10O3/c9-6-3-5(4-6)8(10)11-7-1-2-7/h5,7H,1-4H2. The van der Waals surface area contributed by atoms with Gasteiger partial charge in [-0.1, -0.05) is 0 Å². The molecule has 0 N–H and O–H groups in total. The van der Waals surface area contributed by atoms with Gasteiger partial charge in [0.1, 0.15) is 11.9 Å². The summed E-state index contributed by atoms with van der Waals surface area (Å²) in [7, 11) is 0. The van der Waals surface area contributed by atoms with Crippen LogP contribution in [0.5, 0.6) is 0 Å². The molecule has 0 bridgehead atoms. The second-order valence-corrected chi connectivity index (χ2v) is 3.28. The highest BCUT2D eigenvalue weighted by atomic mass is 16.5. The van der Waals surface area contributed by atoms with Crippen molar-refractivity contribution in [2.24, 2.45) is 5.92 Å². The molecule has 0 heterocycles. The van der Waals surface area contributed by atoms with Crippen LogP contribution in [0.1, 0.15) is 25.7 Å². The normalized spacial score (nSPS) is 24.5. The maximum absolute atomic E-state index is 11.0. The second-order valence-electron chi connectivity index (χ2n) is 3.28. The number of esters is 1. The van der Waals surface area contributed by atoms with E-state index in [1.165, 1.54) is 0 Å². The van der Waals surface area contributed by atoms with Gasteiger partial charge >= 0.3 is 5.97 Å². The Morgan fingerprint density at radius 3 is 2.45 bits per heavy atom. The lowest BCUT2D eigenvalue weighted by Crippen LogP contribution is -2.32. The van der Waals surface area contributed by atoms with E-state index in [0.29, 0.717) is 12.8 Å². The number of hydrogen-bond acceptors (Lipinski definition) is 3. The van der Waals surface area contributed by atoms with Crippen LogP contribution < -0.4 is 0 Å². The minimum atomic E-state index is -0.160. The first-order valence-corrected chi connectivity index (χ1v) is 3.98. The first-order chi connectivity index (χ1) is 5.25. The SMILES string of the molecule is O=C1CC(C(=O)OC2CC2)C1. The molecule has 2 rings (SSSR count). The Bertz CT molecular complexity index is 197. The molecule has 0 spiro atoms. The molecule has 2 saturated carbocycles. The zero-order valence-corrected chi connectivity index (χ0v) is 6.21. The zero-order valence-electron chi connectivity index (χ0n) is 6.21. The highest BCUT2D eigenvalue weighted by molar-refractivity contribution is 5.94. The highest BCUT2D eigenvalue weighted by Gasteiger charge is 2.37. The molecule has 0 amide bonds. The third kappa shape index (κ3) is 1.42. The monoisotopic (exact) mass is 154 g/mol. The van der Waals surface area contributed by atoms with Crippen molar-refractivity contribution in [2.75, 3.05) is 0 Å². The Kier molecular flexibility index (Phi) is 1.44. The number of carbonyl (C=O) groups is 2. The molecular formula is C8H10O3. The number of hydrogen-bond donors (Lipinski definition) is 0. The van der Waals surface area contributed by atoms with Crippen molar-refractivity contribution in [2.45, 2.75) is 31.8 Å². The van der Waals surface area contributed by atoms with Gasteiger partial charge in [0, 0.05) is 12.8 Å².